The molecule has 1 aliphatic rings. The lowest BCUT2D eigenvalue weighted by molar-refractivity contribution is 0.409. The molecule has 0 unspecified atom stereocenters. The van der Waals surface area contributed by atoms with Gasteiger partial charge in [0.2, 0.25) is 0 Å². The fraction of sp³-hybridized carbons (Fsp3) is 0.462. The topological polar surface area (TPSA) is 50.9 Å². The molecule has 0 aromatic heterocycles. The molecule has 0 saturated carbocycles. The van der Waals surface area contributed by atoms with Gasteiger partial charge in [0.1, 0.15) is 5.75 Å². The van der Waals surface area contributed by atoms with Crippen molar-refractivity contribution in [2.24, 2.45) is 10.7 Å². The van der Waals surface area contributed by atoms with Gasteiger partial charge in [-0.1, -0.05) is 11.6 Å². The van der Waals surface area contributed by atoms with E-state index in [9.17, 15) is 0 Å². The zero-order valence-corrected chi connectivity index (χ0v) is 15.2. The van der Waals surface area contributed by atoms with Crippen LogP contribution in [0.4, 0.5) is 0 Å². The molecule has 1 aromatic rings. The third-order valence-corrected chi connectivity index (χ3v) is 4.17. The van der Waals surface area contributed by atoms with Gasteiger partial charge in [-0.3, -0.25) is 0 Å². The Labute approximate surface area is 146 Å². The number of aliphatic imine (C=N–C) groups is 1. The van der Waals surface area contributed by atoms with E-state index in [0.717, 1.165) is 35.9 Å². The highest BCUT2D eigenvalue weighted by molar-refractivity contribution is 14.0. The van der Waals surface area contributed by atoms with Crippen molar-refractivity contribution in [2.45, 2.75) is 6.54 Å². The molecule has 0 radical (unpaired) electrons. The molecule has 2 rings (SSSR count). The fourth-order valence-electron chi connectivity index (χ4n) is 1.93. The maximum absolute atomic E-state index is 6.02. The summed E-state index contributed by atoms with van der Waals surface area (Å²) in [5, 5.41) is 0.680. The zero-order valence-electron chi connectivity index (χ0n) is 11.3. The van der Waals surface area contributed by atoms with Crippen molar-refractivity contribution in [3.63, 3.8) is 0 Å². The summed E-state index contributed by atoms with van der Waals surface area (Å²) in [6.07, 6.45) is 0. The Morgan fingerprint density at radius 3 is 2.80 bits per heavy atom. The number of thioether (sulfide) groups is 1. The number of nitrogens with two attached hydrogens (primary N) is 1. The lowest BCUT2D eigenvalue weighted by atomic mass is 10.2. The quantitative estimate of drug-likeness (QED) is 0.458. The predicted molar refractivity (Wildman–Crippen MR) is 97.6 cm³/mol. The van der Waals surface area contributed by atoms with Gasteiger partial charge in [0.05, 0.1) is 13.7 Å². The van der Waals surface area contributed by atoms with Gasteiger partial charge < -0.3 is 15.4 Å². The van der Waals surface area contributed by atoms with Crippen molar-refractivity contribution in [3.05, 3.63) is 28.8 Å². The van der Waals surface area contributed by atoms with Gasteiger partial charge >= 0.3 is 0 Å². The maximum Gasteiger partial charge on any atom is 0.191 e. The Kier molecular flexibility index (Phi) is 7.83. The molecule has 2 N–H and O–H groups in total. The molecule has 1 heterocycles. The van der Waals surface area contributed by atoms with E-state index in [-0.39, 0.29) is 24.0 Å². The van der Waals surface area contributed by atoms with Gasteiger partial charge in [0.15, 0.2) is 5.96 Å². The zero-order chi connectivity index (χ0) is 13.7. The van der Waals surface area contributed by atoms with E-state index >= 15 is 0 Å². The lowest BCUT2D eigenvalue weighted by Crippen LogP contribution is -2.42. The van der Waals surface area contributed by atoms with Crippen molar-refractivity contribution >= 4 is 53.3 Å². The molecule has 7 heteroatoms. The Morgan fingerprint density at radius 2 is 2.15 bits per heavy atom. The first-order chi connectivity index (χ1) is 9.20. The minimum Gasteiger partial charge on any atom is -0.496 e. The Bertz CT molecular complexity index is 467. The van der Waals surface area contributed by atoms with Crippen molar-refractivity contribution < 1.29 is 4.74 Å². The molecule has 0 bridgehead atoms. The molecule has 20 heavy (non-hydrogen) atoms. The number of benzene rings is 1. The van der Waals surface area contributed by atoms with Crippen molar-refractivity contribution in [1.82, 2.24) is 4.90 Å². The van der Waals surface area contributed by atoms with Gasteiger partial charge in [0.25, 0.3) is 0 Å². The first-order valence-corrected chi connectivity index (χ1v) is 7.69. The summed E-state index contributed by atoms with van der Waals surface area (Å²) in [5.41, 5.74) is 6.97. The van der Waals surface area contributed by atoms with E-state index < -0.39 is 0 Å². The van der Waals surface area contributed by atoms with Crippen LogP contribution < -0.4 is 10.5 Å². The molecular formula is C13H19ClIN3OS. The number of hydrogen-bond donors (Lipinski definition) is 1. The lowest BCUT2D eigenvalue weighted by Gasteiger charge is -2.27. The molecule has 0 aliphatic carbocycles. The number of halogens is 2. The van der Waals surface area contributed by atoms with Gasteiger partial charge in [-0.2, -0.15) is 11.8 Å². The van der Waals surface area contributed by atoms with Gasteiger partial charge in [0, 0.05) is 35.2 Å². The molecule has 112 valence electrons. The van der Waals surface area contributed by atoms with E-state index in [1.54, 1.807) is 13.2 Å². The number of rotatable bonds is 3. The normalized spacial score (nSPS) is 15.7. The van der Waals surface area contributed by atoms with Crippen LogP contribution in [0.2, 0.25) is 5.02 Å². The number of ether oxygens (including phenoxy) is 1. The van der Waals surface area contributed by atoms with Crippen LogP contribution in [-0.2, 0) is 6.54 Å². The summed E-state index contributed by atoms with van der Waals surface area (Å²) in [7, 11) is 1.64. The molecule has 4 nitrogen and oxygen atoms in total. The van der Waals surface area contributed by atoms with E-state index in [1.165, 1.54) is 0 Å². The molecular weight excluding hydrogens is 409 g/mol. The third-order valence-electron chi connectivity index (χ3n) is 2.99. The summed E-state index contributed by atoms with van der Waals surface area (Å²) < 4.78 is 5.29. The molecule has 0 atom stereocenters. The third kappa shape index (κ3) is 4.89. The standard InChI is InChI=1S/C13H18ClN3OS.HI/c1-18-12-3-2-11(14)8-10(12)9-16-13(15)17-4-6-19-7-5-17;/h2-3,8H,4-7,9H2,1H3,(H2,15,16);1H. The predicted octanol–water partition coefficient (Wildman–Crippen LogP) is 2.83. The van der Waals surface area contributed by atoms with E-state index in [1.807, 2.05) is 23.9 Å². The van der Waals surface area contributed by atoms with Crippen molar-refractivity contribution in [3.8, 4) is 5.75 Å². The van der Waals surface area contributed by atoms with Crippen LogP contribution in [0.25, 0.3) is 0 Å². The number of nitrogens with zero attached hydrogens (tertiary/aromatic N) is 2. The second-order valence-corrected chi connectivity index (χ2v) is 5.89. The fourth-order valence-corrected chi connectivity index (χ4v) is 3.03. The first kappa shape index (κ1) is 17.7. The summed E-state index contributed by atoms with van der Waals surface area (Å²) >= 11 is 7.94. The van der Waals surface area contributed by atoms with Gasteiger partial charge in [-0.15, -0.1) is 24.0 Å². The van der Waals surface area contributed by atoms with E-state index in [0.29, 0.717) is 17.5 Å². The second-order valence-electron chi connectivity index (χ2n) is 4.23. The van der Waals surface area contributed by atoms with Crippen LogP contribution in [-0.4, -0.2) is 42.6 Å². The van der Waals surface area contributed by atoms with Crippen LogP contribution in [0.15, 0.2) is 23.2 Å². The smallest absolute Gasteiger partial charge is 0.191 e. The van der Waals surface area contributed by atoms with Gasteiger partial charge in [-0.05, 0) is 18.2 Å². The highest BCUT2D eigenvalue weighted by Crippen LogP contribution is 2.23. The number of guanidine groups is 1. The monoisotopic (exact) mass is 427 g/mol. The van der Waals surface area contributed by atoms with Crippen LogP contribution in [0.1, 0.15) is 5.56 Å². The molecule has 1 aliphatic heterocycles. The van der Waals surface area contributed by atoms with E-state index in [2.05, 4.69) is 9.89 Å². The van der Waals surface area contributed by atoms with Crippen LogP contribution in [0.5, 0.6) is 5.75 Å². The first-order valence-electron chi connectivity index (χ1n) is 6.15. The Balaban J connectivity index is 0.00000200. The number of hydrogen-bond acceptors (Lipinski definition) is 3. The maximum atomic E-state index is 6.02. The highest BCUT2D eigenvalue weighted by atomic mass is 127. The number of methoxy groups -OCH3 is 1. The Morgan fingerprint density at radius 1 is 1.45 bits per heavy atom. The average molecular weight is 428 g/mol. The van der Waals surface area contributed by atoms with Crippen LogP contribution in [0, 0.1) is 0 Å². The molecule has 1 fully saturated rings. The van der Waals surface area contributed by atoms with Crippen LogP contribution in [0.3, 0.4) is 0 Å². The molecule has 0 amide bonds. The van der Waals surface area contributed by atoms with Crippen molar-refractivity contribution in [2.75, 3.05) is 31.7 Å². The van der Waals surface area contributed by atoms with Gasteiger partial charge in [-0.25, -0.2) is 4.99 Å². The Hall–Kier alpha value is -0.340. The minimum absolute atomic E-state index is 0. The summed E-state index contributed by atoms with van der Waals surface area (Å²) in [6.45, 7) is 2.42. The summed E-state index contributed by atoms with van der Waals surface area (Å²) in [5.74, 6) is 3.60. The molecule has 1 aromatic carbocycles. The van der Waals surface area contributed by atoms with Crippen molar-refractivity contribution in [1.29, 1.82) is 0 Å². The highest BCUT2D eigenvalue weighted by Gasteiger charge is 2.12. The van der Waals surface area contributed by atoms with E-state index in [4.69, 9.17) is 22.1 Å². The second kappa shape index (κ2) is 8.84. The summed E-state index contributed by atoms with van der Waals surface area (Å²) in [4.78, 5) is 6.56. The minimum atomic E-state index is 0. The average Bonchev–Trinajstić information content (AvgIpc) is 2.46. The van der Waals surface area contributed by atoms with Crippen LogP contribution >= 0.6 is 47.3 Å². The molecule has 1 saturated heterocycles. The summed E-state index contributed by atoms with van der Waals surface area (Å²) in [6, 6.07) is 5.52. The SMILES string of the molecule is COc1ccc(Cl)cc1CN=C(N)N1CCSCC1.I. The molecule has 0 spiro atoms. The largest absolute Gasteiger partial charge is 0.496 e.